The molecule has 8 heteroatoms. The number of anilines is 2. The van der Waals surface area contributed by atoms with Crippen LogP contribution in [-0.2, 0) is 0 Å². The molecule has 2 rings (SSSR count). The average molecular weight is 321 g/mol. The van der Waals surface area contributed by atoms with Crippen molar-refractivity contribution in [1.82, 2.24) is 14.9 Å². The molecule has 0 aliphatic heterocycles. The van der Waals surface area contributed by atoms with E-state index in [1.165, 1.54) is 18.3 Å². The third kappa shape index (κ3) is 4.68. The fraction of sp³-hybridized carbons (Fsp3) is 0.267. The van der Waals surface area contributed by atoms with Gasteiger partial charge in [0.1, 0.15) is 23.0 Å². The molecule has 0 aliphatic carbocycles. The second-order valence-corrected chi connectivity index (χ2v) is 5.05. The van der Waals surface area contributed by atoms with E-state index in [-0.39, 0.29) is 11.6 Å². The van der Waals surface area contributed by atoms with E-state index in [1.54, 1.807) is 0 Å². The molecule has 2 N–H and O–H groups in total. The number of aromatic nitrogens is 2. The number of benzene rings is 1. The number of halogens is 2. The summed E-state index contributed by atoms with van der Waals surface area (Å²) in [5, 5.41) is 5.15. The topological polar surface area (TPSA) is 70.2 Å². The third-order valence-electron chi connectivity index (χ3n) is 2.93. The van der Waals surface area contributed by atoms with Gasteiger partial charge in [0.15, 0.2) is 0 Å². The number of nitrogens with zero attached hydrogens (tertiary/aromatic N) is 3. The maximum atomic E-state index is 13.5. The molecule has 1 amide bonds. The lowest BCUT2D eigenvalue weighted by Crippen LogP contribution is -2.22. The normalized spacial score (nSPS) is 10.7. The fourth-order valence-corrected chi connectivity index (χ4v) is 1.76. The van der Waals surface area contributed by atoms with Crippen molar-refractivity contribution in [3.63, 3.8) is 0 Å². The summed E-state index contributed by atoms with van der Waals surface area (Å²) in [7, 11) is 3.85. The second kappa shape index (κ2) is 7.59. The van der Waals surface area contributed by atoms with Crippen LogP contribution in [0.3, 0.4) is 0 Å². The standard InChI is InChI=1S/C15H17F2N5O/c1-22(2)9-8-19-15-18-7-6-12(20-15)14(23)21-13-10(16)4-3-5-11(13)17/h3-7H,8-9H2,1-2H3,(H,21,23)(H,18,19,20). The number of carbonyl (C=O) groups excluding carboxylic acids is 1. The summed E-state index contributed by atoms with van der Waals surface area (Å²) < 4.78 is 27.1. The summed E-state index contributed by atoms with van der Waals surface area (Å²) >= 11 is 0. The Bertz CT molecular complexity index is 673. The van der Waals surface area contributed by atoms with Gasteiger partial charge in [0.25, 0.3) is 5.91 Å². The van der Waals surface area contributed by atoms with Crippen molar-refractivity contribution < 1.29 is 13.6 Å². The number of likely N-dealkylation sites (N-methyl/N-ethyl adjacent to an activating group) is 1. The van der Waals surface area contributed by atoms with E-state index in [0.29, 0.717) is 6.54 Å². The Morgan fingerprint density at radius 2 is 1.91 bits per heavy atom. The molecule has 2 aromatic rings. The molecule has 0 bridgehead atoms. The van der Waals surface area contributed by atoms with Gasteiger partial charge in [-0.25, -0.2) is 18.7 Å². The first-order chi connectivity index (χ1) is 11.0. The number of nitrogens with one attached hydrogen (secondary N) is 2. The molecule has 1 aromatic heterocycles. The summed E-state index contributed by atoms with van der Waals surface area (Å²) in [6.07, 6.45) is 1.40. The zero-order valence-corrected chi connectivity index (χ0v) is 12.8. The molecule has 23 heavy (non-hydrogen) atoms. The van der Waals surface area contributed by atoms with Crippen molar-refractivity contribution in [3.8, 4) is 0 Å². The lowest BCUT2D eigenvalue weighted by Gasteiger charge is -2.11. The smallest absolute Gasteiger partial charge is 0.274 e. The molecule has 0 spiro atoms. The minimum Gasteiger partial charge on any atom is -0.353 e. The van der Waals surface area contributed by atoms with E-state index in [1.807, 2.05) is 19.0 Å². The van der Waals surface area contributed by atoms with E-state index in [2.05, 4.69) is 20.6 Å². The minimum atomic E-state index is -0.850. The van der Waals surface area contributed by atoms with Gasteiger partial charge >= 0.3 is 0 Å². The van der Waals surface area contributed by atoms with Gasteiger partial charge in [-0.1, -0.05) is 6.07 Å². The van der Waals surface area contributed by atoms with Crippen molar-refractivity contribution >= 4 is 17.5 Å². The predicted molar refractivity (Wildman–Crippen MR) is 83.4 cm³/mol. The van der Waals surface area contributed by atoms with E-state index < -0.39 is 23.2 Å². The summed E-state index contributed by atoms with van der Waals surface area (Å²) in [5.41, 5.74) is -0.492. The van der Waals surface area contributed by atoms with Crippen molar-refractivity contribution in [3.05, 3.63) is 47.8 Å². The first-order valence-corrected chi connectivity index (χ1v) is 6.94. The summed E-state index contributed by atoms with van der Waals surface area (Å²) in [4.78, 5) is 22.1. The van der Waals surface area contributed by atoms with Crippen LogP contribution in [-0.4, -0.2) is 48.0 Å². The fourth-order valence-electron chi connectivity index (χ4n) is 1.76. The van der Waals surface area contributed by atoms with Crippen LogP contribution in [0.1, 0.15) is 10.5 Å². The number of amides is 1. The Kier molecular flexibility index (Phi) is 5.53. The monoisotopic (exact) mass is 321 g/mol. The molecular formula is C15H17F2N5O. The van der Waals surface area contributed by atoms with Crippen molar-refractivity contribution in [2.24, 2.45) is 0 Å². The maximum Gasteiger partial charge on any atom is 0.274 e. The van der Waals surface area contributed by atoms with Gasteiger partial charge in [-0.15, -0.1) is 0 Å². The first kappa shape index (κ1) is 16.8. The van der Waals surface area contributed by atoms with Gasteiger partial charge < -0.3 is 15.5 Å². The molecule has 1 heterocycles. The number of para-hydroxylation sites is 1. The van der Waals surface area contributed by atoms with Gasteiger partial charge in [0, 0.05) is 19.3 Å². The Labute approximate surface area is 132 Å². The van der Waals surface area contributed by atoms with Crippen molar-refractivity contribution in [1.29, 1.82) is 0 Å². The maximum absolute atomic E-state index is 13.5. The molecule has 0 fully saturated rings. The van der Waals surface area contributed by atoms with Crippen LogP contribution in [0.15, 0.2) is 30.5 Å². The zero-order chi connectivity index (χ0) is 16.8. The van der Waals surface area contributed by atoms with Crippen LogP contribution in [0, 0.1) is 11.6 Å². The second-order valence-electron chi connectivity index (χ2n) is 5.05. The van der Waals surface area contributed by atoms with Crippen LogP contribution < -0.4 is 10.6 Å². The summed E-state index contributed by atoms with van der Waals surface area (Å²) in [6, 6.07) is 4.71. The van der Waals surface area contributed by atoms with Crippen LogP contribution in [0.2, 0.25) is 0 Å². The highest BCUT2D eigenvalue weighted by molar-refractivity contribution is 6.03. The molecule has 1 aromatic carbocycles. The molecule has 0 saturated carbocycles. The van der Waals surface area contributed by atoms with Crippen LogP contribution >= 0.6 is 0 Å². The predicted octanol–water partition coefficient (Wildman–Crippen LogP) is 1.98. The number of rotatable bonds is 6. The molecule has 0 aliphatic rings. The highest BCUT2D eigenvalue weighted by atomic mass is 19.1. The number of carbonyl (C=O) groups is 1. The molecule has 0 atom stereocenters. The Hall–Kier alpha value is -2.61. The van der Waals surface area contributed by atoms with Gasteiger partial charge in [-0.05, 0) is 32.3 Å². The number of hydrogen-bond donors (Lipinski definition) is 2. The number of hydrogen-bond acceptors (Lipinski definition) is 5. The van der Waals surface area contributed by atoms with E-state index in [9.17, 15) is 13.6 Å². The largest absolute Gasteiger partial charge is 0.353 e. The van der Waals surface area contributed by atoms with Gasteiger partial charge in [-0.2, -0.15) is 0 Å². The van der Waals surface area contributed by atoms with Crippen molar-refractivity contribution in [2.75, 3.05) is 37.8 Å². The minimum absolute atomic E-state index is 0.00926. The molecular weight excluding hydrogens is 304 g/mol. The molecule has 0 radical (unpaired) electrons. The summed E-state index contributed by atoms with van der Waals surface area (Å²) in [6.45, 7) is 1.36. The Morgan fingerprint density at radius 1 is 1.22 bits per heavy atom. The molecule has 122 valence electrons. The Balaban J connectivity index is 2.08. The van der Waals surface area contributed by atoms with E-state index in [0.717, 1.165) is 18.7 Å². The lowest BCUT2D eigenvalue weighted by molar-refractivity contribution is 0.102. The van der Waals surface area contributed by atoms with Crippen LogP contribution in [0.25, 0.3) is 0 Å². The highest BCUT2D eigenvalue weighted by Crippen LogP contribution is 2.18. The summed E-state index contributed by atoms with van der Waals surface area (Å²) in [5.74, 6) is -2.14. The quantitative estimate of drug-likeness (QED) is 0.851. The first-order valence-electron chi connectivity index (χ1n) is 6.94. The van der Waals surface area contributed by atoms with E-state index >= 15 is 0 Å². The van der Waals surface area contributed by atoms with Crippen molar-refractivity contribution in [2.45, 2.75) is 0 Å². The molecule has 0 unspecified atom stereocenters. The molecule has 6 nitrogen and oxygen atoms in total. The Morgan fingerprint density at radius 3 is 2.57 bits per heavy atom. The lowest BCUT2D eigenvalue weighted by atomic mass is 10.2. The van der Waals surface area contributed by atoms with Gasteiger partial charge in [0.05, 0.1) is 0 Å². The van der Waals surface area contributed by atoms with Crippen LogP contribution in [0.5, 0.6) is 0 Å². The third-order valence-corrected chi connectivity index (χ3v) is 2.93. The zero-order valence-electron chi connectivity index (χ0n) is 12.8. The highest BCUT2D eigenvalue weighted by Gasteiger charge is 2.15. The SMILES string of the molecule is CN(C)CCNc1nccc(C(=O)Nc2c(F)cccc2F)n1. The van der Waals surface area contributed by atoms with Crippen LogP contribution in [0.4, 0.5) is 20.4 Å². The van der Waals surface area contributed by atoms with Gasteiger partial charge in [0.2, 0.25) is 5.95 Å². The average Bonchev–Trinajstić information content (AvgIpc) is 2.51. The molecule has 0 saturated heterocycles. The van der Waals surface area contributed by atoms with E-state index in [4.69, 9.17) is 0 Å². The van der Waals surface area contributed by atoms with Gasteiger partial charge in [-0.3, -0.25) is 4.79 Å².